The number of nitrogens with one attached hydrogen (secondary N) is 3. The molecule has 2 aromatic carbocycles. The fraction of sp³-hybridized carbons (Fsp3) is 0.300. The molecule has 0 aliphatic carbocycles. The average molecular weight is 404 g/mol. The van der Waals surface area contributed by atoms with Crippen LogP contribution in [0.4, 0.5) is 5.69 Å². The summed E-state index contributed by atoms with van der Waals surface area (Å²) in [6.45, 7) is 6.89. The average Bonchev–Trinajstić information content (AvgIpc) is 2.69. The van der Waals surface area contributed by atoms with E-state index in [4.69, 9.17) is 26.4 Å². The van der Waals surface area contributed by atoms with E-state index in [1.54, 1.807) is 12.1 Å². The van der Waals surface area contributed by atoms with E-state index in [1.807, 2.05) is 51.1 Å². The fourth-order valence-electron chi connectivity index (χ4n) is 2.38. The summed E-state index contributed by atoms with van der Waals surface area (Å²) in [5.74, 6) is 0.981. The molecular weight excluding hydrogens is 378 g/mol. The molecule has 0 aliphatic rings. The normalized spacial score (nSPS) is 9.96. The SMILES string of the molecule is CCOc1cc(C(=O)NC(=S)NNc2ccccc2)cc(OCC)c1OCC. The van der Waals surface area contributed by atoms with Gasteiger partial charge in [-0.15, -0.1) is 0 Å². The predicted octanol–water partition coefficient (Wildman–Crippen LogP) is 3.51. The largest absolute Gasteiger partial charge is 0.490 e. The molecule has 0 atom stereocenters. The lowest BCUT2D eigenvalue weighted by molar-refractivity contribution is 0.0975. The molecule has 0 spiro atoms. The van der Waals surface area contributed by atoms with Crippen LogP contribution in [0.5, 0.6) is 17.2 Å². The van der Waals surface area contributed by atoms with Crippen molar-refractivity contribution in [3.63, 3.8) is 0 Å². The van der Waals surface area contributed by atoms with E-state index in [0.717, 1.165) is 5.69 Å². The van der Waals surface area contributed by atoms with Crippen LogP contribution in [0.2, 0.25) is 0 Å². The van der Waals surface area contributed by atoms with Crippen LogP contribution in [0.15, 0.2) is 42.5 Å². The van der Waals surface area contributed by atoms with Crippen molar-refractivity contribution in [3.8, 4) is 17.2 Å². The molecule has 0 saturated carbocycles. The van der Waals surface area contributed by atoms with E-state index in [1.165, 1.54) is 0 Å². The van der Waals surface area contributed by atoms with Crippen molar-refractivity contribution in [2.24, 2.45) is 0 Å². The number of anilines is 1. The van der Waals surface area contributed by atoms with E-state index < -0.39 is 5.91 Å². The summed E-state index contributed by atoms with van der Waals surface area (Å²) in [7, 11) is 0. The van der Waals surface area contributed by atoms with Crippen LogP contribution >= 0.6 is 12.2 Å². The van der Waals surface area contributed by atoms with Crippen LogP contribution in [-0.2, 0) is 0 Å². The zero-order chi connectivity index (χ0) is 20.4. The molecule has 2 rings (SSSR count). The van der Waals surface area contributed by atoms with Gasteiger partial charge < -0.3 is 14.2 Å². The van der Waals surface area contributed by atoms with Gasteiger partial charge >= 0.3 is 0 Å². The standard InChI is InChI=1S/C20H25N3O4S/c1-4-25-16-12-14(13-17(26-5-2)18(16)27-6-3)19(24)21-20(28)23-22-15-10-8-7-9-11-15/h7-13,22H,4-6H2,1-3H3,(H2,21,23,24,28). The Morgan fingerprint density at radius 3 is 2.04 bits per heavy atom. The zero-order valence-corrected chi connectivity index (χ0v) is 17.0. The highest BCUT2D eigenvalue weighted by Gasteiger charge is 2.19. The van der Waals surface area contributed by atoms with E-state index >= 15 is 0 Å². The van der Waals surface area contributed by atoms with E-state index in [0.29, 0.717) is 42.6 Å². The molecule has 0 aliphatic heterocycles. The van der Waals surface area contributed by atoms with Crippen molar-refractivity contribution in [3.05, 3.63) is 48.0 Å². The van der Waals surface area contributed by atoms with Gasteiger partial charge in [-0.3, -0.25) is 21.0 Å². The minimum absolute atomic E-state index is 0.138. The first-order chi connectivity index (χ1) is 13.6. The predicted molar refractivity (Wildman–Crippen MR) is 113 cm³/mol. The first-order valence-corrected chi connectivity index (χ1v) is 9.48. The van der Waals surface area contributed by atoms with Gasteiger partial charge in [0.1, 0.15) is 0 Å². The Morgan fingerprint density at radius 1 is 0.929 bits per heavy atom. The minimum atomic E-state index is -0.391. The third kappa shape index (κ3) is 6.02. The molecule has 2 aromatic rings. The quantitative estimate of drug-likeness (QED) is 0.437. The second-order valence-electron chi connectivity index (χ2n) is 5.50. The van der Waals surface area contributed by atoms with Crippen molar-refractivity contribution in [1.29, 1.82) is 0 Å². The molecule has 0 saturated heterocycles. The van der Waals surface area contributed by atoms with Gasteiger partial charge in [0.05, 0.1) is 25.5 Å². The molecular formula is C20H25N3O4S. The van der Waals surface area contributed by atoms with Crippen LogP contribution in [-0.4, -0.2) is 30.8 Å². The van der Waals surface area contributed by atoms with Gasteiger partial charge in [-0.2, -0.15) is 0 Å². The van der Waals surface area contributed by atoms with Gasteiger partial charge in [-0.1, -0.05) is 18.2 Å². The lowest BCUT2D eigenvalue weighted by atomic mass is 10.1. The molecule has 0 bridgehead atoms. The summed E-state index contributed by atoms with van der Waals surface area (Å²) in [5.41, 5.74) is 6.85. The first kappa shape index (κ1) is 21.3. The molecule has 7 nitrogen and oxygen atoms in total. The van der Waals surface area contributed by atoms with Crippen molar-refractivity contribution in [2.75, 3.05) is 25.2 Å². The van der Waals surface area contributed by atoms with E-state index in [-0.39, 0.29) is 5.11 Å². The molecule has 0 aromatic heterocycles. The minimum Gasteiger partial charge on any atom is -0.490 e. The molecule has 150 valence electrons. The number of hydrogen-bond donors (Lipinski definition) is 3. The lowest BCUT2D eigenvalue weighted by Crippen LogP contribution is -2.42. The van der Waals surface area contributed by atoms with E-state index in [9.17, 15) is 4.79 Å². The van der Waals surface area contributed by atoms with Crippen LogP contribution in [0.3, 0.4) is 0 Å². The third-order valence-electron chi connectivity index (χ3n) is 3.49. The van der Waals surface area contributed by atoms with Gasteiger partial charge in [-0.25, -0.2) is 0 Å². The summed E-state index contributed by atoms with van der Waals surface area (Å²) in [5, 5.41) is 2.76. The van der Waals surface area contributed by atoms with Crippen LogP contribution in [0.1, 0.15) is 31.1 Å². The van der Waals surface area contributed by atoms with Crippen molar-refractivity contribution in [2.45, 2.75) is 20.8 Å². The van der Waals surface area contributed by atoms with Gasteiger partial charge in [0.2, 0.25) is 5.75 Å². The van der Waals surface area contributed by atoms with Gasteiger partial charge in [-0.05, 0) is 57.3 Å². The number of hydrazine groups is 1. The Bertz CT molecular complexity index is 772. The van der Waals surface area contributed by atoms with Gasteiger partial charge in [0.15, 0.2) is 16.6 Å². The number of rotatable bonds is 9. The highest BCUT2D eigenvalue weighted by Crippen LogP contribution is 2.39. The molecule has 8 heteroatoms. The van der Waals surface area contributed by atoms with E-state index in [2.05, 4.69) is 16.2 Å². The summed E-state index contributed by atoms with van der Waals surface area (Å²) in [4.78, 5) is 12.6. The Balaban J connectivity index is 2.13. The summed E-state index contributed by atoms with van der Waals surface area (Å²) < 4.78 is 16.9. The number of para-hydroxylation sites is 1. The number of ether oxygens (including phenoxy) is 3. The number of thiocarbonyl (C=S) groups is 1. The summed E-state index contributed by atoms with van der Waals surface area (Å²) in [6, 6.07) is 12.6. The summed E-state index contributed by atoms with van der Waals surface area (Å²) in [6.07, 6.45) is 0. The van der Waals surface area contributed by atoms with Crippen molar-refractivity contribution < 1.29 is 19.0 Å². The van der Waals surface area contributed by atoms with Gasteiger partial charge in [0, 0.05) is 5.56 Å². The number of benzene rings is 2. The Hall–Kier alpha value is -3.00. The number of carbonyl (C=O) groups excluding carboxylic acids is 1. The maximum atomic E-state index is 12.6. The van der Waals surface area contributed by atoms with Crippen molar-refractivity contribution in [1.82, 2.24) is 10.7 Å². The van der Waals surface area contributed by atoms with Crippen molar-refractivity contribution >= 4 is 28.9 Å². The second kappa shape index (κ2) is 11.0. The molecule has 0 unspecified atom stereocenters. The maximum Gasteiger partial charge on any atom is 0.257 e. The highest BCUT2D eigenvalue weighted by atomic mass is 32.1. The monoisotopic (exact) mass is 403 g/mol. The topological polar surface area (TPSA) is 80.9 Å². The van der Waals surface area contributed by atoms with Crippen LogP contribution < -0.4 is 30.4 Å². The Labute approximate surface area is 170 Å². The molecule has 0 radical (unpaired) electrons. The van der Waals surface area contributed by atoms with Crippen LogP contribution in [0.25, 0.3) is 0 Å². The number of amides is 1. The fourth-order valence-corrected chi connectivity index (χ4v) is 2.52. The Kier molecular flexibility index (Phi) is 8.36. The zero-order valence-electron chi connectivity index (χ0n) is 16.2. The third-order valence-corrected chi connectivity index (χ3v) is 3.70. The molecule has 0 heterocycles. The molecule has 3 N–H and O–H groups in total. The maximum absolute atomic E-state index is 12.6. The Morgan fingerprint density at radius 2 is 1.50 bits per heavy atom. The lowest BCUT2D eigenvalue weighted by Gasteiger charge is -2.17. The van der Waals surface area contributed by atoms with Crippen LogP contribution in [0, 0.1) is 0 Å². The highest BCUT2D eigenvalue weighted by molar-refractivity contribution is 7.80. The molecule has 28 heavy (non-hydrogen) atoms. The second-order valence-corrected chi connectivity index (χ2v) is 5.91. The summed E-state index contributed by atoms with van der Waals surface area (Å²) >= 11 is 5.17. The first-order valence-electron chi connectivity index (χ1n) is 9.07. The number of carbonyl (C=O) groups is 1. The molecule has 0 fully saturated rings. The molecule has 1 amide bonds. The number of hydrogen-bond acceptors (Lipinski definition) is 6. The smallest absolute Gasteiger partial charge is 0.257 e. The van der Waals surface area contributed by atoms with Gasteiger partial charge in [0.25, 0.3) is 5.91 Å².